The normalized spacial score (nSPS) is 12.8. The van der Waals surface area contributed by atoms with Crippen LogP contribution in [0.2, 0.25) is 0 Å². The summed E-state index contributed by atoms with van der Waals surface area (Å²) in [6.45, 7) is 10.4. The second kappa shape index (κ2) is 5.13. The molecule has 0 spiro atoms. The first-order chi connectivity index (χ1) is 5.43. The fourth-order valence-corrected chi connectivity index (χ4v) is 0.882. The van der Waals surface area contributed by atoms with Crippen molar-refractivity contribution in [2.45, 2.75) is 41.0 Å². The summed E-state index contributed by atoms with van der Waals surface area (Å²) in [5.74, 6) is 1.21. The van der Waals surface area contributed by atoms with Crippen molar-refractivity contribution in [3.63, 3.8) is 0 Å². The number of allylic oxidation sites excluding steroid dienone is 2. The SMILES string of the molecule is CC(=CC(=O)CC(C)C)C(C)C. The van der Waals surface area contributed by atoms with Gasteiger partial charge in [0.15, 0.2) is 5.78 Å². The standard InChI is InChI=1S/C11H20O/c1-8(2)6-11(12)7-10(5)9(3)4/h7-9H,6H2,1-5H3. The molecule has 0 bridgehead atoms. The molecule has 0 rings (SSSR count). The highest BCUT2D eigenvalue weighted by atomic mass is 16.1. The van der Waals surface area contributed by atoms with Crippen LogP contribution < -0.4 is 0 Å². The van der Waals surface area contributed by atoms with Crippen LogP contribution in [0.1, 0.15) is 41.0 Å². The zero-order valence-corrected chi connectivity index (χ0v) is 8.85. The van der Waals surface area contributed by atoms with Gasteiger partial charge in [0.1, 0.15) is 0 Å². The molecule has 0 heterocycles. The molecule has 0 amide bonds. The van der Waals surface area contributed by atoms with Gasteiger partial charge in [0.05, 0.1) is 0 Å². The zero-order chi connectivity index (χ0) is 9.72. The van der Waals surface area contributed by atoms with Crippen molar-refractivity contribution in [3.8, 4) is 0 Å². The maximum Gasteiger partial charge on any atom is 0.155 e. The third-order valence-electron chi connectivity index (χ3n) is 1.91. The lowest BCUT2D eigenvalue weighted by Crippen LogP contribution is -2.01. The summed E-state index contributed by atoms with van der Waals surface area (Å²) in [5.41, 5.74) is 1.18. The van der Waals surface area contributed by atoms with Crippen molar-refractivity contribution < 1.29 is 4.79 Å². The van der Waals surface area contributed by atoms with Gasteiger partial charge in [-0.25, -0.2) is 0 Å². The second-order valence-corrected chi connectivity index (χ2v) is 4.11. The summed E-state index contributed by atoms with van der Waals surface area (Å²) < 4.78 is 0. The van der Waals surface area contributed by atoms with Gasteiger partial charge in [-0.05, 0) is 24.8 Å². The summed E-state index contributed by atoms with van der Waals surface area (Å²) in [6, 6.07) is 0. The molecule has 0 saturated carbocycles. The van der Waals surface area contributed by atoms with Crippen molar-refractivity contribution in [2.75, 3.05) is 0 Å². The van der Waals surface area contributed by atoms with Gasteiger partial charge in [0.2, 0.25) is 0 Å². The molecule has 0 aliphatic heterocycles. The minimum absolute atomic E-state index is 0.260. The maximum atomic E-state index is 11.3. The Morgan fingerprint density at radius 3 is 2.08 bits per heavy atom. The first kappa shape index (κ1) is 11.4. The highest BCUT2D eigenvalue weighted by Crippen LogP contribution is 2.09. The van der Waals surface area contributed by atoms with Gasteiger partial charge >= 0.3 is 0 Å². The largest absolute Gasteiger partial charge is 0.295 e. The minimum Gasteiger partial charge on any atom is -0.295 e. The number of carbonyl (C=O) groups is 1. The van der Waals surface area contributed by atoms with E-state index in [4.69, 9.17) is 0 Å². The van der Waals surface area contributed by atoms with Gasteiger partial charge in [-0.2, -0.15) is 0 Å². The predicted octanol–water partition coefficient (Wildman–Crippen LogP) is 3.20. The third-order valence-corrected chi connectivity index (χ3v) is 1.91. The molecule has 0 aromatic heterocycles. The molecule has 0 radical (unpaired) electrons. The maximum absolute atomic E-state index is 11.3. The molecule has 0 N–H and O–H groups in total. The van der Waals surface area contributed by atoms with E-state index in [-0.39, 0.29) is 5.78 Å². The van der Waals surface area contributed by atoms with E-state index in [1.54, 1.807) is 6.08 Å². The summed E-state index contributed by atoms with van der Waals surface area (Å²) in [4.78, 5) is 11.3. The number of hydrogen-bond donors (Lipinski definition) is 0. The Labute approximate surface area is 75.9 Å². The molecule has 70 valence electrons. The van der Waals surface area contributed by atoms with Gasteiger partial charge in [-0.15, -0.1) is 0 Å². The molecule has 0 unspecified atom stereocenters. The van der Waals surface area contributed by atoms with Gasteiger partial charge < -0.3 is 0 Å². The van der Waals surface area contributed by atoms with Crippen LogP contribution >= 0.6 is 0 Å². The number of hydrogen-bond acceptors (Lipinski definition) is 1. The molecular formula is C11H20O. The van der Waals surface area contributed by atoms with Crippen LogP contribution in [0, 0.1) is 11.8 Å². The lowest BCUT2D eigenvalue weighted by atomic mass is 10.0. The fourth-order valence-electron chi connectivity index (χ4n) is 0.882. The van der Waals surface area contributed by atoms with Crippen LogP contribution in [0.25, 0.3) is 0 Å². The second-order valence-electron chi connectivity index (χ2n) is 4.11. The number of ketones is 1. The third kappa shape index (κ3) is 5.11. The molecule has 0 saturated heterocycles. The van der Waals surface area contributed by atoms with Gasteiger partial charge in [-0.1, -0.05) is 33.3 Å². The van der Waals surface area contributed by atoms with E-state index < -0.39 is 0 Å². The Balaban J connectivity index is 4.06. The summed E-state index contributed by atoms with van der Waals surface area (Å²) >= 11 is 0. The molecule has 0 aliphatic rings. The Morgan fingerprint density at radius 2 is 1.75 bits per heavy atom. The summed E-state index contributed by atoms with van der Waals surface area (Å²) in [6.07, 6.45) is 2.45. The average Bonchev–Trinajstić information content (AvgIpc) is 1.84. The van der Waals surface area contributed by atoms with Crippen LogP contribution in [0.5, 0.6) is 0 Å². The first-order valence-corrected chi connectivity index (χ1v) is 4.64. The quantitative estimate of drug-likeness (QED) is 0.589. The Morgan fingerprint density at radius 1 is 1.25 bits per heavy atom. The molecule has 0 aromatic carbocycles. The molecule has 1 heteroatoms. The topological polar surface area (TPSA) is 17.1 Å². The number of rotatable bonds is 4. The molecule has 12 heavy (non-hydrogen) atoms. The lowest BCUT2D eigenvalue weighted by Gasteiger charge is -2.05. The van der Waals surface area contributed by atoms with Crippen molar-refractivity contribution in [2.24, 2.45) is 11.8 Å². The van der Waals surface area contributed by atoms with E-state index in [0.717, 1.165) is 0 Å². The van der Waals surface area contributed by atoms with Crippen LogP contribution in [0.4, 0.5) is 0 Å². The molecular weight excluding hydrogens is 148 g/mol. The summed E-state index contributed by atoms with van der Waals surface area (Å²) in [7, 11) is 0. The van der Waals surface area contributed by atoms with Crippen LogP contribution in [0.3, 0.4) is 0 Å². The van der Waals surface area contributed by atoms with E-state index in [9.17, 15) is 4.79 Å². The first-order valence-electron chi connectivity index (χ1n) is 4.64. The average molecular weight is 168 g/mol. The van der Waals surface area contributed by atoms with Crippen molar-refractivity contribution in [1.82, 2.24) is 0 Å². The van der Waals surface area contributed by atoms with E-state index in [1.807, 2.05) is 6.92 Å². The molecule has 0 aliphatic carbocycles. The molecule has 0 aromatic rings. The summed E-state index contributed by atoms with van der Waals surface area (Å²) in [5, 5.41) is 0. The van der Waals surface area contributed by atoms with Gasteiger partial charge in [0, 0.05) is 6.42 Å². The zero-order valence-electron chi connectivity index (χ0n) is 8.85. The van der Waals surface area contributed by atoms with Crippen LogP contribution in [0.15, 0.2) is 11.6 Å². The van der Waals surface area contributed by atoms with E-state index in [2.05, 4.69) is 27.7 Å². The van der Waals surface area contributed by atoms with E-state index in [1.165, 1.54) is 5.57 Å². The molecule has 1 nitrogen and oxygen atoms in total. The minimum atomic E-state index is 0.260. The number of carbonyl (C=O) groups excluding carboxylic acids is 1. The van der Waals surface area contributed by atoms with Crippen molar-refractivity contribution >= 4 is 5.78 Å². The van der Waals surface area contributed by atoms with Gasteiger partial charge in [0.25, 0.3) is 0 Å². The van der Waals surface area contributed by atoms with Crippen molar-refractivity contribution in [1.29, 1.82) is 0 Å². The smallest absolute Gasteiger partial charge is 0.155 e. The molecule has 0 fully saturated rings. The predicted molar refractivity (Wildman–Crippen MR) is 53.1 cm³/mol. The van der Waals surface area contributed by atoms with Crippen LogP contribution in [-0.4, -0.2) is 5.78 Å². The van der Waals surface area contributed by atoms with Crippen LogP contribution in [-0.2, 0) is 4.79 Å². The van der Waals surface area contributed by atoms with E-state index in [0.29, 0.717) is 18.3 Å². The monoisotopic (exact) mass is 168 g/mol. The van der Waals surface area contributed by atoms with Crippen molar-refractivity contribution in [3.05, 3.63) is 11.6 Å². The van der Waals surface area contributed by atoms with E-state index >= 15 is 0 Å². The Hall–Kier alpha value is -0.590. The lowest BCUT2D eigenvalue weighted by molar-refractivity contribution is -0.115. The highest BCUT2D eigenvalue weighted by Gasteiger charge is 2.03. The fraction of sp³-hybridized carbons (Fsp3) is 0.727. The van der Waals surface area contributed by atoms with Gasteiger partial charge in [-0.3, -0.25) is 4.79 Å². The Bertz CT molecular complexity index is 175. The molecule has 0 atom stereocenters. The highest BCUT2D eigenvalue weighted by molar-refractivity contribution is 5.90. The Kier molecular flexibility index (Phi) is 4.87.